The molecule has 296 valence electrons. The van der Waals surface area contributed by atoms with Gasteiger partial charge in [0.1, 0.15) is 28.5 Å². The molecule has 5 heterocycles. The fourth-order valence-electron chi connectivity index (χ4n) is 10.6. The van der Waals surface area contributed by atoms with Crippen LogP contribution in [-0.2, 0) is 30.3 Å². The van der Waals surface area contributed by atoms with Gasteiger partial charge in [-0.25, -0.2) is 9.78 Å². The third kappa shape index (κ3) is 5.30. The second-order valence-corrected chi connectivity index (χ2v) is 17.6. The molecular weight excluding hydrogens is 714 g/mol. The number of fused-ring (bicyclic) bond motifs is 2. The van der Waals surface area contributed by atoms with Crippen LogP contribution >= 0.6 is 0 Å². The van der Waals surface area contributed by atoms with Crippen molar-refractivity contribution >= 4 is 34.9 Å². The third-order valence-corrected chi connectivity index (χ3v) is 12.9. The molecule has 56 heavy (non-hydrogen) atoms. The van der Waals surface area contributed by atoms with Crippen molar-refractivity contribution in [1.29, 1.82) is 0 Å². The molecule has 4 bridgehead atoms. The first-order valence-electron chi connectivity index (χ1n) is 19.5. The van der Waals surface area contributed by atoms with Crippen molar-refractivity contribution in [2.45, 2.75) is 122 Å². The topological polar surface area (TPSA) is 158 Å². The monoisotopic (exact) mass is 765 g/mol. The van der Waals surface area contributed by atoms with Crippen LogP contribution in [-0.4, -0.2) is 62.6 Å². The highest BCUT2D eigenvalue weighted by Gasteiger charge is 2.85. The van der Waals surface area contributed by atoms with Crippen molar-refractivity contribution < 1.29 is 42.9 Å². The predicted octanol–water partition coefficient (Wildman–Crippen LogP) is 7.01. The molecule has 1 saturated heterocycles. The van der Waals surface area contributed by atoms with Crippen LogP contribution in [0.15, 0.2) is 53.5 Å². The van der Waals surface area contributed by atoms with Crippen molar-refractivity contribution in [2.24, 2.45) is 17.8 Å². The molecular formula is C44H51N3O9. The number of rotatable bonds is 9. The Morgan fingerprint density at radius 3 is 2.38 bits per heavy atom. The molecule has 2 N–H and O–H groups in total. The third-order valence-electron chi connectivity index (χ3n) is 12.9. The van der Waals surface area contributed by atoms with Gasteiger partial charge in [0.25, 0.3) is 0 Å². The van der Waals surface area contributed by atoms with Crippen molar-refractivity contribution in [2.75, 3.05) is 12.8 Å². The van der Waals surface area contributed by atoms with Gasteiger partial charge in [0.15, 0.2) is 28.5 Å². The Bertz CT molecular complexity index is 2230. The molecule has 1 aromatic carbocycles. The highest BCUT2D eigenvalue weighted by molar-refractivity contribution is 6.12. The van der Waals surface area contributed by atoms with Crippen LogP contribution in [0.4, 0.5) is 5.82 Å². The minimum atomic E-state index is -1.68. The summed E-state index contributed by atoms with van der Waals surface area (Å²) >= 11 is 0. The molecule has 4 aliphatic heterocycles. The Labute approximate surface area is 327 Å². The van der Waals surface area contributed by atoms with Crippen molar-refractivity contribution in [3.05, 3.63) is 70.2 Å². The largest absolute Gasteiger partial charge is 0.482 e. The summed E-state index contributed by atoms with van der Waals surface area (Å²) in [4.78, 5) is 61.8. The number of carbonyl (C=O) groups is 4. The second kappa shape index (κ2) is 12.8. The van der Waals surface area contributed by atoms with E-state index >= 15 is 9.59 Å². The number of hydrogen-bond donors (Lipinski definition) is 1. The summed E-state index contributed by atoms with van der Waals surface area (Å²) in [6.07, 6.45) is 13.2. The number of Topliss-reactive ketones (excluding diaryl/α,β-unsaturated/α-hetero) is 2. The Hall–Kier alpha value is -4.97. The molecule has 0 radical (unpaired) electrons. The molecule has 3 saturated carbocycles. The number of carbonyl (C=O) groups excluding carboxylic acids is 4. The fraction of sp³-hybridized carbons (Fsp3) is 0.523. The van der Waals surface area contributed by atoms with Crippen molar-refractivity contribution in [1.82, 2.24) is 9.55 Å². The lowest BCUT2D eigenvalue weighted by atomic mass is 9.45. The second-order valence-electron chi connectivity index (χ2n) is 17.6. The summed E-state index contributed by atoms with van der Waals surface area (Å²) in [7, 11) is 1.30. The van der Waals surface area contributed by atoms with Crippen LogP contribution in [0.5, 0.6) is 17.2 Å². The van der Waals surface area contributed by atoms with Crippen LogP contribution in [0.3, 0.4) is 0 Å². The van der Waals surface area contributed by atoms with Gasteiger partial charge in [0.2, 0.25) is 0 Å². The van der Waals surface area contributed by atoms with Crippen LogP contribution in [0.1, 0.15) is 115 Å². The lowest BCUT2D eigenvalue weighted by Gasteiger charge is -2.63. The average molecular weight is 766 g/mol. The number of ketones is 2. The Morgan fingerprint density at radius 1 is 1.00 bits per heavy atom. The SMILES string of the molecule is COC(=O)C(C)=CCC12OC(C)(C)C3CC(C1=O)C(n1cnc(N)c1)C1C(=O)c4c(c(CC=C(C)C)c5c6c4OC(=O)CC6=CC(C)(CCC=C(C)C)O5)OC132. The number of nitrogens with zero attached hydrogens (tertiary/aromatic N) is 2. The molecule has 1 aromatic heterocycles. The molecule has 0 amide bonds. The van der Waals surface area contributed by atoms with Gasteiger partial charge < -0.3 is 34.0 Å². The van der Waals surface area contributed by atoms with Gasteiger partial charge in [-0.15, -0.1) is 0 Å². The summed E-state index contributed by atoms with van der Waals surface area (Å²) in [5, 5.41) is 0. The maximum absolute atomic E-state index is 15.9. The molecule has 9 rings (SSSR count). The number of allylic oxidation sites excluding steroid dienone is 4. The molecule has 7 atom stereocenters. The van der Waals surface area contributed by atoms with Gasteiger partial charge in [-0.1, -0.05) is 29.4 Å². The number of nitrogen functional groups attached to an aromatic ring is 1. The number of aromatic nitrogens is 2. The van der Waals surface area contributed by atoms with Gasteiger partial charge in [0, 0.05) is 35.6 Å². The van der Waals surface area contributed by atoms with E-state index in [1.54, 1.807) is 30.1 Å². The molecule has 3 aliphatic carbocycles. The van der Waals surface area contributed by atoms with E-state index < -0.39 is 58.1 Å². The van der Waals surface area contributed by atoms with E-state index in [9.17, 15) is 9.59 Å². The quantitative estimate of drug-likeness (QED) is 0.121. The van der Waals surface area contributed by atoms with Gasteiger partial charge in [0.05, 0.1) is 43.0 Å². The molecule has 12 heteroatoms. The average Bonchev–Trinajstić information content (AvgIpc) is 3.61. The fourth-order valence-corrected chi connectivity index (χ4v) is 10.6. The Morgan fingerprint density at radius 2 is 1.71 bits per heavy atom. The predicted molar refractivity (Wildman–Crippen MR) is 207 cm³/mol. The summed E-state index contributed by atoms with van der Waals surface area (Å²) in [6.45, 7) is 15.6. The lowest BCUT2D eigenvalue weighted by molar-refractivity contribution is -0.208. The zero-order valence-electron chi connectivity index (χ0n) is 33.7. The number of ether oxygens (including phenoxy) is 5. The number of hydrogen-bond acceptors (Lipinski definition) is 11. The summed E-state index contributed by atoms with van der Waals surface area (Å²) in [5.41, 5.74) is 5.84. The first kappa shape index (κ1) is 37.9. The summed E-state index contributed by atoms with van der Waals surface area (Å²) in [6, 6.07) is -0.742. The minimum absolute atomic E-state index is 0.0253. The van der Waals surface area contributed by atoms with E-state index in [1.807, 2.05) is 40.7 Å². The van der Waals surface area contributed by atoms with E-state index in [-0.39, 0.29) is 47.3 Å². The highest BCUT2D eigenvalue weighted by atomic mass is 16.6. The molecule has 7 aliphatic rings. The number of benzene rings is 1. The zero-order valence-corrected chi connectivity index (χ0v) is 33.7. The number of esters is 2. The minimum Gasteiger partial charge on any atom is -0.482 e. The van der Waals surface area contributed by atoms with Gasteiger partial charge in [-0.05, 0) is 92.7 Å². The van der Waals surface area contributed by atoms with E-state index in [0.717, 1.165) is 17.6 Å². The number of anilines is 1. The Kier molecular flexibility index (Phi) is 8.65. The van der Waals surface area contributed by atoms with E-state index in [1.165, 1.54) is 12.7 Å². The van der Waals surface area contributed by atoms with Crippen LogP contribution in [0, 0.1) is 17.8 Å². The van der Waals surface area contributed by atoms with E-state index in [4.69, 9.17) is 29.4 Å². The number of nitrogens with two attached hydrogens (primary N) is 1. The van der Waals surface area contributed by atoms with Crippen LogP contribution in [0.2, 0.25) is 0 Å². The molecule has 2 aromatic rings. The maximum atomic E-state index is 15.9. The van der Waals surface area contributed by atoms with Crippen LogP contribution < -0.4 is 19.9 Å². The van der Waals surface area contributed by atoms with Gasteiger partial charge in [-0.2, -0.15) is 0 Å². The number of methoxy groups -OCH3 is 1. The molecule has 1 spiro atoms. The smallest absolute Gasteiger partial charge is 0.333 e. The maximum Gasteiger partial charge on any atom is 0.333 e. The summed E-state index contributed by atoms with van der Waals surface area (Å²) < 4.78 is 34.5. The van der Waals surface area contributed by atoms with Crippen molar-refractivity contribution in [3.63, 3.8) is 0 Å². The standard InChI is InChI=1S/C44H51N3O9/c1-22(2)11-10-15-42(8)19-25-17-30(48)53-38-31(25)36(54-42)26(13-12-23(3)4)37-32(38)35(49)33-34(47-20-29(45)46-21-47)27-18-28-41(6,7)56-43(39(27)50,44(28,33)55-37)16-14-24(5)40(51)52-9/h11-12,14,19-21,27-28,33-34H,10,13,15-18,45H2,1-9H3. The van der Waals surface area contributed by atoms with E-state index in [2.05, 4.69) is 31.0 Å². The molecule has 12 nitrogen and oxygen atoms in total. The molecule has 4 fully saturated rings. The first-order valence-corrected chi connectivity index (χ1v) is 19.5. The highest BCUT2D eigenvalue weighted by Crippen LogP contribution is 2.73. The molecule has 7 unspecified atom stereocenters. The van der Waals surface area contributed by atoms with Gasteiger partial charge >= 0.3 is 11.9 Å². The normalized spacial score (nSPS) is 31.6. The summed E-state index contributed by atoms with van der Waals surface area (Å²) in [5.74, 6) is -2.63. The first-order chi connectivity index (χ1) is 26.4. The van der Waals surface area contributed by atoms with Gasteiger partial charge in [-0.3, -0.25) is 14.4 Å². The Balaban J connectivity index is 1.43. The number of imidazole rings is 1. The van der Waals surface area contributed by atoms with E-state index in [0.29, 0.717) is 41.7 Å². The zero-order chi connectivity index (χ0) is 40.3. The lowest BCUT2D eigenvalue weighted by Crippen LogP contribution is -2.78. The van der Waals surface area contributed by atoms with Crippen LogP contribution in [0.25, 0.3) is 5.57 Å². The van der Waals surface area contributed by atoms with Crippen molar-refractivity contribution in [3.8, 4) is 17.2 Å².